The average Bonchev–Trinajstić information content (AvgIpc) is 2.26. The van der Waals surface area contributed by atoms with Gasteiger partial charge in [0.1, 0.15) is 16.7 Å². The largest absolute Gasteiger partial charge is 0.383 e. The van der Waals surface area contributed by atoms with Gasteiger partial charge in [-0.3, -0.25) is 4.79 Å². The minimum absolute atomic E-state index is 0.203. The third kappa shape index (κ3) is 2.16. The van der Waals surface area contributed by atoms with E-state index in [9.17, 15) is 4.79 Å². The number of aromatic nitrogens is 2. The van der Waals surface area contributed by atoms with E-state index < -0.39 is 0 Å². The van der Waals surface area contributed by atoms with E-state index >= 15 is 0 Å². The first-order chi connectivity index (χ1) is 5.59. The van der Waals surface area contributed by atoms with Gasteiger partial charge >= 0.3 is 0 Å². The number of aromatic amines is 1. The molecule has 0 aliphatic carbocycles. The van der Waals surface area contributed by atoms with E-state index in [4.69, 9.17) is 11.5 Å². The number of nitrogens with two attached hydrogens (primary N) is 2. The number of nitrogens with one attached hydrogen (secondary N) is 1. The Bertz CT molecular complexity index is 296. The minimum atomic E-state index is -0.375. The number of aryl methyl sites for hydroxylation is 1. The van der Waals surface area contributed by atoms with Crippen LogP contribution in [0.25, 0.3) is 0 Å². The Morgan fingerprint density at radius 2 is 2.42 bits per heavy atom. The Morgan fingerprint density at radius 3 is 2.83 bits per heavy atom. The summed E-state index contributed by atoms with van der Waals surface area (Å²) >= 11 is 1.23. The fourth-order valence-corrected chi connectivity index (χ4v) is 1.43. The van der Waals surface area contributed by atoms with Gasteiger partial charge in [0.15, 0.2) is 0 Å². The molecule has 0 saturated heterocycles. The van der Waals surface area contributed by atoms with E-state index in [0.29, 0.717) is 10.8 Å². The van der Waals surface area contributed by atoms with Crippen LogP contribution in [-0.4, -0.2) is 21.6 Å². The molecule has 66 valence electrons. The average molecular weight is 186 g/mol. The standard InChI is InChI=1S/C6H10N4OS/c1-3-9-5(8)6(10-3)12-2-4(7)11/h2,8H2,1H3,(H2,7,11)(H,9,10). The zero-order chi connectivity index (χ0) is 9.14. The van der Waals surface area contributed by atoms with Gasteiger partial charge in [-0.1, -0.05) is 11.8 Å². The number of hydrogen-bond acceptors (Lipinski definition) is 4. The molecule has 5 nitrogen and oxygen atoms in total. The molecule has 0 radical (unpaired) electrons. The maximum Gasteiger partial charge on any atom is 0.227 e. The van der Waals surface area contributed by atoms with Gasteiger partial charge in [-0.05, 0) is 6.92 Å². The topological polar surface area (TPSA) is 97.8 Å². The molecule has 1 aromatic heterocycles. The summed E-state index contributed by atoms with van der Waals surface area (Å²) in [7, 11) is 0. The molecule has 0 unspecified atom stereocenters. The molecule has 0 aliphatic rings. The van der Waals surface area contributed by atoms with Crippen LogP contribution in [0.15, 0.2) is 5.03 Å². The maximum absolute atomic E-state index is 10.4. The van der Waals surface area contributed by atoms with E-state index in [-0.39, 0.29) is 11.7 Å². The number of nitrogen functional groups attached to an aromatic ring is 1. The normalized spacial score (nSPS) is 10.1. The highest BCUT2D eigenvalue weighted by molar-refractivity contribution is 8.00. The van der Waals surface area contributed by atoms with Gasteiger partial charge in [-0.2, -0.15) is 0 Å². The lowest BCUT2D eigenvalue weighted by Gasteiger charge is -1.93. The van der Waals surface area contributed by atoms with E-state index in [1.165, 1.54) is 11.8 Å². The summed E-state index contributed by atoms with van der Waals surface area (Å²) < 4.78 is 0. The number of hydrogen-bond donors (Lipinski definition) is 3. The number of anilines is 1. The Labute approximate surface area is 73.9 Å². The lowest BCUT2D eigenvalue weighted by Crippen LogP contribution is -2.13. The van der Waals surface area contributed by atoms with Crippen LogP contribution in [0, 0.1) is 6.92 Å². The number of amides is 1. The van der Waals surface area contributed by atoms with Crippen molar-refractivity contribution in [2.45, 2.75) is 11.9 Å². The van der Waals surface area contributed by atoms with Crippen molar-refractivity contribution in [3.8, 4) is 0 Å². The third-order valence-corrected chi connectivity index (χ3v) is 2.18. The monoisotopic (exact) mass is 186 g/mol. The lowest BCUT2D eigenvalue weighted by molar-refractivity contribution is -0.115. The molecule has 0 bridgehead atoms. The molecule has 0 aromatic carbocycles. The Hall–Kier alpha value is -1.17. The van der Waals surface area contributed by atoms with Crippen LogP contribution < -0.4 is 11.5 Å². The van der Waals surface area contributed by atoms with Crippen molar-refractivity contribution in [2.75, 3.05) is 11.5 Å². The maximum atomic E-state index is 10.4. The highest BCUT2D eigenvalue weighted by atomic mass is 32.2. The molecule has 0 saturated carbocycles. The molecule has 1 aromatic rings. The van der Waals surface area contributed by atoms with Crippen LogP contribution in [0.5, 0.6) is 0 Å². The number of thioether (sulfide) groups is 1. The fraction of sp³-hybridized carbons (Fsp3) is 0.333. The van der Waals surface area contributed by atoms with E-state index in [0.717, 1.165) is 5.82 Å². The van der Waals surface area contributed by atoms with Gasteiger partial charge < -0.3 is 16.5 Å². The number of primary amides is 1. The van der Waals surface area contributed by atoms with Crippen molar-refractivity contribution in [1.29, 1.82) is 0 Å². The number of carbonyl (C=O) groups is 1. The smallest absolute Gasteiger partial charge is 0.227 e. The van der Waals surface area contributed by atoms with Gasteiger partial charge in [0.25, 0.3) is 0 Å². The molecule has 5 N–H and O–H groups in total. The number of imidazole rings is 1. The first-order valence-electron chi connectivity index (χ1n) is 3.33. The van der Waals surface area contributed by atoms with Crippen molar-refractivity contribution in [1.82, 2.24) is 9.97 Å². The predicted octanol–water partition coefficient (Wildman–Crippen LogP) is -0.122. The second-order valence-electron chi connectivity index (χ2n) is 2.30. The summed E-state index contributed by atoms with van der Waals surface area (Å²) in [4.78, 5) is 17.3. The quantitative estimate of drug-likeness (QED) is 0.573. The minimum Gasteiger partial charge on any atom is -0.383 e. The first kappa shape index (κ1) is 8.92. The van der Waals surface area contributed by atoms with Gasteiger partial charge in [0.05, 0.1) is 5.75 Å². The van der Waals surface area contributed by atoms with Crippen LogP contribution in [0.4, 0.5) is 5.82 Å². The van der Waals surface area contributed by atoms with Gasteiger partial charge in [-0.15, -0.1) is 0 Å². The second kappa shape index (κ2) is 3.48. The Kier molecular flexibility index (Phi) is 2.59. The van der Waals surface area contributed by atoms with E-state index in [2.05, 4.69) is 9.97 Å². The summed E-state index contributed by atoms with van der Waals surface area (Å²) in [6.45, 7) is 1.80. The van der Waals surface area contributed by atoms with Crippen molar-refractivity contribution in [3.63, 3.8) is 0 Å². The molecule has 0 atom stereocenters. The molecular weight excluding hydrogens is 176 g/mol. The zero-order valence-electron chi connectivity index (χ0n) is 6.63. The van der Waals surface area contributed by atoms with Gasteiger partial charge in [-0.25, -0.2) is 4.98 Å². The molecule has 1 heterocycles. The van der Waals surface area contributed by atoms with Crippen LogP contribution in [0.1, 0.15) is 5.82 Å². The van der Waals surface area contributed by atoms with Crippen LogP contribution >= 0.6 is 11.8 Å². The summed E-state index contributed by atoms with van der Waals surface area (Å²) in [6, 6.07) is 0. The van der Waals surface area contributed by atoms with Gasteiger partial charge in [0.2, 0.25) is 5.91 Å². The zero-order valence-corrected chi connectivity index (χ0v) is 7.44. The molecule has 0 spiro atoms. The fourth-order valence-electron chi connectivity index (χ4n) is 0.738. The molecule has 0 aliphatic heterocycles. The van der Waals surface area contributed by atoms with Crippen LogP contribution in [0.3, 0.4) is 0 Å². The second-order valence-corrected chi connectivity index (χ2v) is 3.26. The summed E-state index contributed by atoms with van der Waals surface area (Å²) in [5.74, 6) is 1.05. The highest BCUT2D eigenvalue weighted by Gasteiger charge is 2.06. The first-order valence-corrected chi connectivity index (χ1v) is 4.31. The number of nitrogens with zero attached hydrogens (tertiary/aromatic N) is 1. The van der Waals surface area contributed by atoms with Crippen LogP contribution in [-0.2, 0) is 4.79 Å². The number of rotatable bonds is 3. The molecule has 0 fully saturated rings. The van der Waals surface area contributed by atoms with Gasteiger partial charge in [0, 0.05) is 0 Å². The SMILES string of the molecule is Cc1nc(SCC(N)=O)c(N)[nH]1. The molecule has 1 rings (SSSR count). The summed E-state index contributed by atoms with van der Waals surface area (Å²) in [5.41, 5.74) is 10.5. The molecular formula is C6H10N4OS. The summed E-state index contributed by atoms with van der Waals surface area (Å²) in [5, 5.41) is 0.631. The van der Waals surface area contributed by atoms with E-state index in [1.807, 2.05) is 0 Å². The molecule has 12 heavy (non-hydrogen) atoms. The Balaban J connectivity index is 2.62. The number of carbonyl (C=O) groups excluding carboxylic acids is 1. The molecule has 6 heteroatoms. The van der Waals surface area contributed by atoms with E-state index in [1.54, 1.807) is 6.92 Å². The summed E-state index contributed by atoms with van der Waals surface area (Å²) in [6.07, 6.45) is 0. The Morgan fingerprint density at radius 1 is 1.75 bits per heavy atom. The molecule has 1 amide bonds. The predicted molar refractivity (Wildman–Crippen MR) is 47.7 cm³/mol. The van der Waals surface area contributed by atoms with Crippen molar-refractivity contribution >= 4 is 23.5 Å². The lowest BCUT2D eigenvalue weighted by atomic mass is 10.7. The van der Waals surface area contributed by atoms with Crippen molar-refractivity contribution < 1.29 is 4.79 Å². The van der Waals surface area contributed by atoms with Crippen LogP contribution in [0.2, 0.25) is 0 Å². The van der Waals surface area contributed by atoms with Crippen molar-refractivity contribution in [2.24, 2.45) is 5.73 Å². The third-order valence-electron chi connectivity index (χ3n) is 1.17. The number of H-pyrrole nitrogens is 1. The van der Waals surface area contributed by atoms with Crippen molar-refractivity contribution in [3.05, 3.63) is 5.82 Å². The highest BCUT2D eigenvalue weighted by Crippen LogP contribution is 2.21.